The lowest BCUT2D eigenvalue weighted by Gasteiger charge is -2.23. The summed E-state index contributed by atoms with van der Waals surface area (Å²) < 4.78 is 0. The van der Waals surface area contributed by atoms with E-state index in [1.807, 2.05) is 25.1 Å². The van der Waals surface area contributed by atoms with Crippen molar-refractivity contribution >= 4 is 23.4 Å². The van der Waals surface area contributed by atoms with E-state index >= 15 is 0 Å². The van der Waals surface area contributed by atoms with E-state index < -0.39 is 0 Å². The Kier molecular flexibility index (Phi) is 5.28. The van der Waals surface area contributed by atoms with E-state index in [0.717, 1.165) is 29.4 Å². The third-order valence-corrected chi connectivity index (χ3v) is 4.47. The molecule has 1 amide bonds. The van der Waals surface area contributed by atoms with E-state index in [0.29, 0.717) is 0 Å². The predicted molar refractivity (Wildman–Crippen MR) is 81.7 cm³/mol. The van der Waals surface area contributed by atoms with Crippen molar-refractivity contribution < 1.29 is 4.79 Å². The lowest BCUT2D eigenvalue weighted by atomic mass is 10.2. The Bertz CT molecular complexity index is 430. The molecule has 1 aliphatic heterocycles. The monoisotopic (exact) mass is 278 g/mol. The summed E-state index contributed by atoms with van der Waals surface area (Å²) in [7, 11) is 0. The summed E-state index contributed by atoms with van der Waals surface area (Å²) in [5, 5.41) is 3.07. The highest BCUT2D eigenvalue weighted by atomic mass is 32.2. The summed E-state index contributed by atoms with van der Waals surface area (Å²) >= 11 is 1.76. The van der Waals surface area contributed by atoms with Crippen molar-refractivity contribution in [3.8, 4) is 0 Å². The normalized spacial score (nSPS) is 17.4. The van der Waals surface area contributed by atoms with E-state index in [1.165, 1.54) is 12.8 Å². The molecule has 0 radical (unpaired) electrons. The Morgan fingerprint density at radius 2 is 2.05 bits per heavy atom. The molecule has 1 aliphatic rings. The third kappa shape index (κ3) is 3.74. The lowest BCUT2D eigenvalue weighted by Crippen LogP contribution is -2.40. The van der Waals surface area contributed by atoms with Crippen molar-refractivity contribution in [3.05, 3.63) is 24.3 Å². The Morgan fingerprint density at radius 3 is 2.74 bits per heavy atom. The van der Waals surface area contributed by atoms with Gasteiger partial charge in [-0.05, 0) is 50.7 Å². The van der Waals surface area contributed by atoms with Gasteiger partial charge in [-0.2, -0.15) is 0 Å². The van der Waals surface area contributed by atoms with Gasteiger partial charge in [-0.3, -0.25) is 9.69 Å². The first-order valence-electron chi connectivity index (χ1n) is 6.99. The largest absolute Gasteiger partial charge is 0.324 e. The van der Waals surface area contributed by atoms with E-state index in [1.54, 1.807) is 11.8 Å². The highest BCUT2D eigenvalue weighted by molar-refractivity contribution is 7.99. The second kappa shape index (κ2) is 6.96. The zero-order valence-corrected chi connectivity index (χ0v) is 12.5. The molecule has 4 heteroatoms. The standard InChI is InChI=1S/C15H22N2OS/c1-3-19-14-9-5-4-8-13(14)16-15(18)12(2)17-10-6-7-11-17/h4-5,8-9,12H,3,6-7,10-11H2,1-2H3,(H,16,18). The number of carbonyl (C=O) groups is 1. The maximum Gasteiger partial charge on any atom is 0.241 e. The molecule has 2 rings (SSSR count). The van der Waals surface area contributed by atoms with Gasteiger partial charge in [-0.15, -0.1) is 11.8 Å². The number of likely N-dealkylation sites (tertiary alicyclic amines) is 1. The number of thioether (sulfide) groups is 1. The van der Waals surface area contributed by atoms with Crippen LogP contribution in [-0.2, 0) is 4.79 Å². The first-order valence-corrected chi connectivity index (χ1v) is 7.97. The van der Waals surface area contributed by atoms with Crippen LogP contribution in [0.3, 0.4) is 0 Å². The van der Waals surface area contributed by atoms with Gasteiger partial charge >= 0.3 is 0 Å². The molecule has 1 atom stereocenters. The Labute approximate surface area is 119 Å². The SMILES string of the molecule is CCSc1ccccc1NC(=O)C(C)N1CCCC1. The van der Waals surface area contributed by atoms with Gasteiger partial charge in [0.15, 0.2) is 0 Å². The van der Waals surface area contributed by atoms with Crippen LogP contribution in [0.25, 0.3) is 0 Å². The molecule has 0 saturated carbocycles. The second-order valence-electron chi connectivity index (χ2n) is 4.84. The Balaban J connectivity index is 2.01. The number of anilines is 1. The van der Waals surface area contributed by atoms with E-state index in [-0.39, 0.29) is 11.9 Å². The number of hydrogen-bond donors (Lipinski definition) is 1. The highest BCUT2D eigenvalue weighted by Crippen LogP contribution is 2.27. The van der Waals surface area contributed by atoms with Crippen molar-refractivity contribution in [3.63, 3.8) is 0 Å². The van der Waals surface area contributed by atoms with Crippen LogP contribution in [0.15, 0.2) is 29.2 Å². The van der Waals surface area contributed by atoms with Gasteiger partial charge in [0.05, 0.1) is 11.7 Å². The summed E-state index contributed by atoms with van der Waals surface area (Å²) in [5.41, 5.74) is 0.936. The minimum atomic E-state index is -0.0396. The molecule has 1 N–H and O–H groups in total. The third-order valence-electron chi connectivity index (χ3n) is 3.51. The van der Waals surface area contributed by atoms with Crippen LogP contribution in [0, 0.1) is 0 Å². The zero-order chi connectivity index (χ0) is 13.7. The van der Waals surface area contributed by atoms with Gasteiger partial charge in [0.25, 0.3) is 0 Å². The minimum absolute atomic E-state index is 0.0396. The van der Waals surface area contributed by atoms with Crippen LogP contribution in [0.2, 0.25) is 0 Å². The number of benzene rings is 1. The van der Waals surface area contributed by atoms with Gasteiger partial charge in [0, 0.05) is 4.90 Å². The second-order valence-corrected chi connectivity index (χ2v) is 6.14. The smallest absolute Gasteiger partial charge is 0.241 e. The number of nitrogens with zero attached hydrogens (tertiary/aromatic N) is 1. The molecule has 0 spiro atoms. The Hall–Kier alpha value is -1.00. The lowest BCUT2D eigenvalue weighted by molar-refractivity contribution is -0.120. The molecular formula is C15H22N2OS. The maximum absolute atomic E-state index is 12.3. The van der Waals surface area contributed by atoms with Crippen LogP contribution >= 0.6 is 11.8 Å². The first kappa shape index (κ1) is 14.4. The molecule has 0 aliphatic carbocycles. The van der Waals surface area contributed by atoms with Crippen molar-refractivity contribution in [2.24, 2.45) is 0 Å². The maximum atomic E-state index is 12.3. The molecule has 19 heavy (non-hydrogen) atoms. The fraction of sp³-hybridized carbons (Fsp3) is 0.533. The summed E-state index contributed by atoms with van der Waals surface area (Å²) in [6, 6.07) is 7.98. The molecule has 1 saturated heterocycles. The summed E-state index contributed by atoms with van der Waals surface area (Å²) in [6.45, 7) is 6.20. The highest BCUT2D eigenvalue weighted by Gasteiger charge is 2.24. The summed E-state index contributed by atoms with van der Waals surface area (Å²) in [5.74, 6) is 1.11. The van der Waals surface area contributed by atoms with Gasteiger partial charge in [-0.1, -0.05) is 19.1 Å². The van der Waals surface area contributed by atoms with Crippen LogP contribution in [0.1, 0.15) is 26.7 Å². The van der Waals surface area contributed by atoms with Gasteiger partial charge < -0.3 is 5.32 Å². The van der Waals surface area contributed by atoms with Crippen molar-refractivity contribution in [2.75, 3.05) is 24.2 Å². The molecule has 0 bridgehead atoms. The number of carbonyl (C=O) groups excluding carboxylic acids is 1. The van der Waals surface area contributed by atoms with Crippen LogP contribution in [0.5, 0.6) is 0 Å². The zero-order valence-electron chi connectivity index (χ0n) is 11.7. The van der Waals surface area contributed by atoms with Gasteiger partial charge in [0.1, 0.15) is 0 Å². The molecule has 104 valence electrons. The molecule has 1 aromatic carbocycles. The van der Waals surface area contributed by atoms with Gasteiger partial charge in [0.2, 0.25) is 5.91 Å². The van der Waals surface area contributed by atoms with Crippen molar-refractivity contribution in [1.82, 2.24) is 4.90 Å². The molecule has 3 nitrogen and oxygen atoms in total. The average molecular weight is 278 g/mol. The average Bonchev–Trinajstić information content (AvgIpc) is 2.94. The number of nitrogens with one attached hydrogen (secondary N) is 1. The Morgan fingerprint density at radius 1 is 1.37 bits per heavy atom. The number of para-hydroxylation sites is 1. The molecule has 1 heterocycles. The van der Waals surface area contributed by atoms with Crippen molar-refractivity contribution in [1.29, 1.82) is 0 Å². The van der Waals surface area contributed by atoms with Crippen LogP contribution in [-0.4, -0.2) is 35.7 Å². The molecule has 1 unspecified atom stereocenters. The molecule has 1 aromatic rings. The van der Waals surface area contributed by atoms with Crippen LogP contribution < -0.4 is 5.32 Å². The van der Waals surface area contributed by atoms with E-state index in [4.69, 9.17) is 0 Å². The van der Waals surface area contributed by atoms with Crippen molar-refractivity contribution in [2.45, 2.75) is 37.6 Å². The minimum Gasteiger partial charge on any atom is -0.324 e. The first-order chi connectivity index (χ1) is 9.22. The van der Waals surface area contributed by atoms with Gasteiger partial charge in [-0.25, -0.2) is 0 Å². The van der Waals surface area contributed by atoms with E-state index in [2.05, 4.69) is 23.2 Å². The molecule has 0 aromatic heterocycles. The van der Waals surface area contributed by atoms with E-state index in [9.17, 15) is 4.79 Å². The topological polar surface area (TPSA) is 32.3 Å². The number of hydrogen-bond acceptors (Lipinski definition) is 3. The predicted octanol–water partition coefficient (Wildman–Crippen LogP) is 3.22. The number of amides is 1. The van der Waals surface area contributed by atoms with Crippen LogP contribution in [0.4, 0.5) is 5.69 Å². The summed E-state index contributed by atoms with van der Waals surface area (Å²) in [6.07, 6.45) is 2.42. The fourth-order valence-electron chi connectivity index (χ4n) is 2.38. The molecule has 1 fully saturated rings. The number of rotatable bonds is 5. The quantitative estimate of drug-likeness (QED) is 0.839. The summed E-state index contributed by atoms with van der Waals surface area (Å²) in [4.78, 5) is 15.7. The molecular weight excluding hydrogens is 256 g/mol. The fourth-order valence-corrected chi connectivity index (χ4v) is 3.14.